The summed E-state index contributed by atoms with van der Waals surface area (Å²) in [6.07, 6.45) is 3.92. The molecule has 120 valence electrons. The number of nitrogens with one attached hydrogen (secondary N) is 1. The van der Waals surface area contributed by atoms with Gasteiger partial charge >= 0.3 is 0 Å². The molecule has 21 heavy (non-hydrogen) atoms. The Balaban J connectivity index is 2.78. The van der Waals surface area contributed by atoms with Crippen molar-refractivity contribution >= 4 is 10.0 Å². The maximum atomic E-state index is 12.6. The second-order valence-electron chi connectivity index (χ2n) is 5.20. The van der Waals surface area contributed by atoms with Crippen LogP contribution in [0, 0.1) is 0 Å². The Morgan fingerprint density at radius 3 is 2.29 bits per heavy atom. The molecule has 0 bridgehead atoms. The SMILES string of the molecule is CCCCN(CC)S(=O)(=O)c1ccc(CCCNC)cc1. The van der Waals surface area contributed by atoms with E-state index in [-0.39, 0.29) is 0 Å². The number of unbranched alkanes of at least 4 members (excludes halogenated alkanes) is 1. The van der Waals surface area contributed by atoms with E-state index in [2.05, 4.69) is 12.2 Å². The van der Waals surface area contributed by atoms with Gasteiger partial charge in [0.15, 0.2) is 0 Å². The summed E-state index contributed by atoms with van der Waals surface area (Å²) in [6.45, 7) is 6.05. The fourth-order valence-electron chi connectivity index (χ4n) is 2.23. The third-order valence-corrected chi connectivity index (χ3v) is 5.56. The van der Waals surface area contributed by atoms with E-state index in [9.17, 15) is 8.42 Å². The predicted molar refractivity (Wildman–Crippen MR) is 88.0 cm³/mol. The van der Waals surface area contributed by atoms with Crippen molar-refractivity contribution in [2.24, 2.45) is 0 Å². The zero-order valence-electron chi connectivity index (χ0n) is 13.4. The van der Waals surface area contributed by atoms with E-state index < -0.39 is 10.0 Å². The highest BCUT2D eigenvalue weighted by Gasteiger charge is 2.22. The van der Waals surface area contributed by atoms with Crippen molar-refractivity contribution in [2.45, 2.75) is 44.4 Å². The first kappa shape index (κ1) is 18.1. The van der Waals surface area contributed by atoms with Gasteiger partial charge in [-0.3, -0.25) is 0 Å². The van der Waals surface area contributed by atoms with Crippen LogP contribution >= 0.6 is 0 Å². The van der Waals surface area contributed by atoms with Crippen LogP contribution in [0.4, 0.5) is 0 Å². The molecule has 0 aliphatic rings. The van der Waals surface area contributed by atoms with Crippen LogP contribution in [0.2, 0.25) is 0 Å². The van der Waals surface area contributed by atoms with E-state index in [4.69, 9.17) is 0 Å². The molecule has 0 fully saturated rings. The van der Waals surface area contributed by atoms with E-state index in [1.807, 2.05) is 26.1 Å². The van der Waals surface area contributed by atoms with Crippen molar-refractivity contribution in [1.29, 1.82) is 0 Å². The third kappa shape index (κ3) is 5.41. The molecule has 1 rings (SSSR count). The summed E-state index contributed by atoms with van der Waals surface area (Å²) < 4.78 is 26.7. The van der Waals surface area contributed by atoms with Gasteiger partial charge in [-0.15, -0.1) is 0 Å². The minimum absolute atomic E-state index is 0.401. The molecule has 0 radical (unpaired) electrons. The van der Waals surface area contributed by atoms with Crippen LogP contribution < -0.4 is 5.32 Å². The van der Waals surface area contributed by atoms with Crippen LogP contribution in [0.1, 0.15) is 38.7 Å². The minimum Gasteiger partial charge on any atom is -0.320 e. The van der Waals surface area contributed by atoms with Crippen LogP contribution in [-0.4, -0.2) is 39.4 Å². The Kier molecular flexibility index (Phi) is 7.93. The lowest BCUT2D eigenvalue weighted by molar-refractivity contribution is 0.419. The van der Waals surface area contributed by atoms with Gasteiger partial charge in [-0.05, 0) is 50.6 Å². The first-order valence-electron chi connectivity index (χ1n) is 7.80. The second kappa shape index (κ2) is 9.18. The maximum absolute atomic E-state index is 12.6. The van der Waals surface area contributed by atoms with Crippen molar-refractivity contribution in [2.75, 3.05) is 26.7 Å². The van der Waals surface area contributed by atoms with Crippen LogP contribution in [0.5, 0.6) is 0 Å². The zero-order chi connectivity index (χ0) is 15.7. The van der Waals surface area contributed by atoms with E-state index >= 15 is 0 Å². The molecule has 1 aromatic carbocycles. The van der Waals surface area contributed by atoms with Gasteiger partial charge in [0, 0.05) is 13.1 Å². The van der Waals surface area contributed by atoms with Gasteiger partial charge in [-0.2, -0.15) is 4.31 Å². The number of hydrogen-bond acceptors (Lipinski definition) is 3. The van der Waals surface area contributed by atoms with Gasteiger partial charge in [0.05, 0.1) is 4.90 Å². The zero-order valence-corrected chi connectivity index (χ0v) is 14.2. The summed E-state index contributed by atoms with van der Waals surface area (Å²) in [6, 6.07) is 7.32. The third-order valence-electron chi connectivity index (χ3n) is 3.57. The molecular weight excluding hydrogens is 284 g/mol. The number of nitrogens with zero attached hydrogens (tertiary/aromatic N) is 1. The largest absolute Gasteiger partial charge is 0.320 e. The predicted octanol–water partition coefficient (Wildman–Crippen LogP) is 2.65. The van der Waals surface area contributed by atoms with Crippen molar-refractivity contribution in [3.63, 3.8) is 0 Å². The molecule has 0 atom stereocenters. The molecule has 1 aromatic rings. The van der Waals surface area contributed by atoms with Crippen molar-refractivity contribution < 1.29 is 8.42 Å². The van der Waals surface area contributed by atoms with Gasteiger partial charge in [-0.25, -0.2) is 8.42 Å². The van der Waals surface area contributed by atoms with Gasteiger partial charge in [0.25, 0.3) is 0 Å². The average molecular weight is 312 g/mol. The highest BCUT2D eigenvalue weighted by molar-refractivity contribution is 7.89. The lowest BCUT2D eigenvalue weighted by Gasteiger charge is -2.20. The standard InChI is InChI=1S/C16H28N2O2S/c1-4-6-14-18(5-2)21(19,20)16-11-9-15(10-12-16)8-7-13-17-3/h9-12,17H,4-8,13-14H2,1-3H3. The average Bonchev–Trinajstić information content (AvgIpc) is 2.48. The van der Waals surface area contributed by atoms with Crippen molar-refractivity contribution in [3.05, 3.63) is 29.8 Å². The first-order valence-corrected chi connectivity index (χ1v) is 9.24. The monoisotopic (exact) mass is 312 g/mol. The number of rotatable bonds is 10. The Bertz CT molecular complexity index is 498. The van der Waals surface area contributed by atoms with Crippen molar-refractivity contribution in [1.82, 2.24) is 9.62 Å². The number of benzene rings is 1. The van der Waals surface area contributed by atoms with Crippen LogP contribution in [-0.2, 0) is 16.4 Å². The molecule has 1 N–H and O–H groups in total. The molecule has 5 heteroatoms. The maximum Gasteiger partial charge on any atom is 0.243 e. The molecule has 0 aromatic heterocycles. The topological polar surface area (TPSA) is 49.4 Å². The summed E-state index contributed by atoms with van der Waals surface area (Å²) >= 11 is 0. The van der Waals surface area contributed by atoms with Gasteiger partial charge in [-0.1, -0.05) is 32.4 Å². The smallest absolute Gasteiger partial charge is 0.243 e. The Labute approximate surface area is 129 Å². The summed E-state index contributed by atoms with van der Waals surface area (Å²) in [4.78, 5) is 0.401. The van der Waals surface area contributed by atoms with Gasteiger partial charge < -0.3 is 5.32 Å². The van der Waals surface area contributed by atoms with Gasteiger partial charge in [0.1, 0.15) is 0 Å². The molecule has 0 aliphatic carbocycles. The minimum atomic E-state index is -3.34. The number of hydrogen-bond donors (Lipinski definition) is 1. The number of sulfonamides is 1. The van der Waals surface area contributed by atoms with E-state index in [0.29, 0.717) is 18.0 Å². The fourth-order valence-corrected chi connectivity index (χ4v) is 3.72. The summed E-state index contributed by atoms with van der Waals surface area (Å²) in [5, 5.41) is 3.11. The molecule has 0 saturated heterocycles. The molecule has 0 saturated carbocycles. The van der Waals surface area contributed by atoms with Crippen molar-refractivity contribution in [3.8, 4) is 0 Å². The van der Waals surface area contributed by atoms with E-state index in [1.54, 1.807) is 16.4 Å². The lowest BCUT2D eigenvalue weighted by Crippen LogP contribution is -2.31. The summed E-state index contributed by atoms with van der Waals surface area (Å²) in [5.41, 5.74) is 1.18. The normalized spacial score (nSPS) is 12.0. The molecule has 0 heterocycles. The lowest BCUT2D eigenvalue weighted by atomic mass is 10.1. The molecule has 0 spiro atoms. The van der Waals surface area contributed by atoms with E-state index in [0.717, 1.165) is 32.2 Å². The first-order chi connectivity index (χ1) is 10.1. The number of aryl methyl sites for hydroxylation is 1. The van der Waals surface area contributed by atoms with Crippen LogP contribution in [0.25, 0.3) is 0 Å². The van der Waals surface area contributed by atoms with Crippen LogP contribution in [0.15, 0.2) is 29.2 Å². The quantitative estimate of drug-likeness (QED) is 0.676. The molecule has 4 nitrogen and oxygen atoms in total. The highest BCUT2D eigenvalue weighted by atomic mass is 32.2. The second-order valence-corrected chi connectivity index (χ2v) is 7.14. The molecular formula is C16H28N2O2S. The Morgan fingerprint density at radius 2 is 1.76 bits per heavy atom. The van der Waals surface area contributed by atoms with E-state index in [1.165, 1.54) is 5.56 Å². The Morgan fingerprint density at radius 1 is 1.10 bits per heavy atom. The summed E-state index contributed by atoms with van der Waals surface area (Å²) in [5.74, 6) is 0. The molecule has 0 aliphatic heterocycles. The molecule has 0 amide bonds. The van der Waals surface area contributed by atoms with Crippen LogP contribution in [0.3, 0.4) is 0 Å². The molecule has 0 unspecified atom stereocenters. The summed E-state index contributed by atoms with van der Waals surface area (Å²) in [7, 11) is -1.41. The van der Waals surface area contributed by atoms with Gasteiger partial charge in [0.2, 0.25) is 10.0 Å². The fraction of sp³-hybridized carbons (Fsp3) is 0.625. The Hall–Kier alpha value is -0.910. The highest BCUT2D eigenvalue weighted by Crippen LogP contribution is 2.17.